The summed E-state index contributed by atoms with van der Waals surface area (Å²) in [5.41, 5.74) is 3.95. The summed E-state index contributed by atoms with van der Waals surface area (Å²) in [6, 6.07) is 6.93. The quantitative estimate of drug-likeness (QED) is 0.762. The van der Waals surface area contributed by atoms with Crippen LogP contribution in [-0.2, 0) is 16.3 Å². The van der Waals surface area contributed by atoms with Gasteiger partial charge < -0.3 is 5.32 Å². The Balaban J connectivity index is 2.58. The summed E-state index contributed by atoms with van der Waals surface area (Å²) in [6.07, 6.45) is 2.60. The Morgan fingerprint density at radius 3 is 2.43 bits per heavy atom. The molecular formula is C17H29NO2S. The molecule has 1 rings (SSSR count). The normalized spacial score (nSPS) is 13.3. The third kappa shape index (κ3) is 6.62. The first-order valence-corrected chi connectivity index (χ1v) is 9.70. The predicted molar refractivity (Wildman–Crippen MR) is 90.6 cm³/mol. The van der Waals surface area contributed by atoms with Gasteiger partial charge in [-0.05, 0) is 56.3 Å². The molecule has 0 saturated carbocycles. The van der Waals surface area contributed by atoms with E-state index in [2.05, 4.69) is 44.3 Å². The van der Waals surface area contributed by atoms with Crippen molar-refractivity contribution in [3.63, 3.8) is 0 Å². The zero-order valence-corrected chi connectivity index (χ0v) is 14.6. The summed E-state index contributed by atoms with van der Waals surface area (Å²) in [5.74, 6) is 0.550. The third-order valence-corrected chi connectivity index (χ3v) is 5.78. The minimum atomic E-state index is -2.84. The maximum Gasteiger partial charge on any atom is 0.150 e. The van der Waals surface area contributed by atoms with Crippen LogP contribution in [0.15, 0.2) is 18.2 Å². The molecule has 0 aromatic heterocycles. The molecule has 1 aromatic rings. The van der Waals surface area contributed by atoms with Gasteiger partial charge in [-0.3, -0.25) is 0 Å². The van der Waals surface area contributed by atoms with E-state index in [4.69, 9.17) is 0 Å². The summed E-state index contributed by atoms with van der Waals surface area (Å²) < 4.78 is 23.1. The van der Waals surface area contributed by atoms with Crippen LogP contribution < -0.4 is 5.32 Å². The van der Waals surface area contributed by atoms with Crippen LogP contribution in [0.5, 0.6) is 0 Å². The van der Waals surface area contributed by atoms with Crippen molar-refractivity contribution in [3.8, 4) is 0 Å². The topological polar surface area (TPSA) is 46.2 Å². The second-order valence-electron chi connectivity index (χ2n) is 5.76. The Hall–Kier alpha value is -0.870. The molecule has 0 saturated heterocycles. The highest BCUT2D eigenvalue weighted by Crippen LogP contribution is 2.14. The SMILES string of the molecule is CCNC(CCCS(=O)(=O)CC)Cc1ccc(C)c(C)c1. The lowest BCUT2D eigenvalue weighted by atomic mass is 9.98. The fourth-order valence-corrected chi connectivity index (χ4v) is 3.37. The Morgan fingerprint density at radius 2 is 1.86 bits per heavy atom. The molecule has 0 aliphatic heterocycles. The molecule has 0 bridgehead atoms. The first-order chi connectivity index (χ1) is 9.88. The van der Waals surface area contributed by atoms with E-state index in [1.807, 2.05) is 0 Å². The van der Waals surface area contributed by atoms with Gasteiger partial charge in [-0.1, -0.05) is 32.0 Å². The number of rotatable bonds is 9. The van der Waals surface area contributed by atoms with E-state index >= 15 is 0 Å². The molecule has 0 amide bonds. The number of hydrogen-bond donors (Lipinski definition) is 1. The first kappa shape index (κ1) is 18.2. The summed E-state index contributed by atoms with van der Waals surface area (Å²) in [7, 11) is -2.84. The third-order valence-electron chi connectivity index (χ3n) is 3.99. The van der Waals surface area contributed by atoms with Crippen LogP contribution in [0.2, 0.25) is 0 Å². The van der Waals surface area contributed by atoms with E-state index in [1.54, 1.807) is 6.92 Å². The second kappa shape index (κ2) is 8.54. The molecule has 21 heavy (non-hydrogen) atoms. The fraction of sp³-hybridized carbons (Fsp3) is 0.647. The number of benzene rings is 1. The first-order valence-electron chi connectivity index (χ1n) is 7.88. The zero-order valence-electron chi connectivity index (χ0n) is 13.8. The average Bonchev–Trinajstić information content (AvgIpc) is 2.43. The molecule has 3 nitrogen and oxygen atoms in total. The van der Waals surface area contributed by atoms with Gasteiger partial charge in [0.05, 0.1) is 5.75 Å². The highest BCUT2D eigenvalue weighted by atomic mass is 32.2. The molecule has 0 aliphatic carbocycles. The van der Waals surface area contributed by atoms with Crippen LogP contribution in [0.4, 0.5) is 0 Å². The van der Waals surface area contributed by atoms with E-state index in [0.717, 1.165) is 25.8 Å². The van der Waals surface area contributed by atoms with Gasteiger partial charge in [0.15, 0.2) is 0 Å². The van der Waals surface area contributed by atoms with Gasteiger partial charge in [0.2, 0.25) is 0 Å². The molecule has 0 aliphatic rings. The van der Waals surface area contributed by atoms with Crippen LogP contribution in [0.25, 0.3) is 0 Å². The minimum absolute atomic E-state index is 0.246. The molecule has 120 valence electrons. The fourth-order valence-electron chi connectivity index (χ4n) is 2.47. The van der Waals surface area contributed by atoms with Gasteiger partial charge in [0.25, 0.3) is 0 Å². The summed E-state index contributed by atoms with van der Waals surface area (Å²) in [5, 5.41) is 3.47. The highest BCUT2D eigenvalue weighted by Gasteiger charge is 2.12. The lowest BCUT2D eigenvalue weighted by Gasteiger charge is -2.18. The molecule has 0 heterocycles. The van der Waals surface area contributed by atoms with E-state index < -0.39 is 9.84 Å². The van der Waals surface area contributed by atoms with Crippen molar-refractivity contribution in [2.45, 2.75) is 53.0 Å². The van der Waals surface area contributed by atoms with E-state index in [1.165, 1.54) is 16.7 Å². The highest BCUT2D eigenvalue weighted by molar-refractivity contribution is 7.91. The van der Waals surface area contributed by atoms with Crippen LogP contribution in [0, 0.1) is 13.8 Å². The van der Waals surface area contributed by atoms with Gasteiger partial charge in [0, 0.05) is 11.8 Å². The Bertz CT molecular complexity index is 538. The molecule has 0 radical (unpaired) electrons. The smallest absolute Gasteiger partial charge is 0.150 e. The molecule has 1 unspecified atom stereocenters. The van der Waals surface area contributed by atoms with Gasteiger partial charge in [-0.15, -0.1) is 0 Å². The van der Waals surface area contributed by atoms with Crippen molar-refractivity contribution in [2.75, 3.05) is 18.1 Å². The van der Waals surface area contributed by atoms with Gasteiger partial charge >= 0.3 is 0 Å². The second-order valence-corrected chi connectivity index (χ2v) is 8.23. The molecule has 0 fully saturated rings. The largest absolute Gasteiger partial charge is 0.314 e. The Kier molecular flexibility index (Phi) is 7.40. The van der Waals surface area contributed by atoms with Crippen LogP contribution in [0.1, 0.15) is 43.4 Å². The van der Waals surface area contributed by atoms with Gasteiger partial charge in [0.1, 0.15) is 9.84 Å². The van der Waals surface area contributed by atoms with Gasteiger partial charge in [-0.2, -0.15) is 0 Å². The molecular weight excluding hydrogens is 282 g/mol. The van der Waals surface area contributed by atoms with Crippen molar-refractivity contribution in [2.24, 2.45) is 0 Å². The number of nitrogens with one attached hydrogen (secondary N) is 1. The van der Waals surface area contributed by atoms with Crippen molar-refractivity contribution in [1.29, 1.82) is 0 Å². The number of likely N-dealkylation sites (N-methyl/N-ethyl adjacent to an activating group) is 1. The number of sulfone groups is 1. The lowest BCUT2D eigenvalue weighted by molar-refractivity contribution is 0.484. The Morgan fingerprint density at radius 1 is 1.14 bits per heavy atom. The molecule has 0 spiro atoms. The molecule has 1 atom stereocenters. The predicted octanol–water partition coefficient (Wildman–Crippen LogP) is 3.04. The number of hydrogen-bond acceptors (Lipinski definition) is 3. The van der Waals surface area contributed by atoms with Crippen LogP contribution >= 0.6 is 0 Å². The van der Waals surface area contributed by atoms with Gasteiger partial charge in [-0.25, -0.2) is 8.42 Å². The van der Waals surface area contributed by atoms with Crippen molar-refractivity contribution in [1.82, 2.24) is 5.32 Å². The number of aryl methyl sites for hydroxylation is 2. The summed E-state index contributed by atoms with van der Waals surface area (Å²) in [6.45, 7) is 8.98. The molecule has 1 N–H and O–H groups in total. The molecule has 1 aromatic carbocycles. The lowest BCUT2D eigenvalue weighted by Crippen LogP contribution is -2.31. The van der Waals surface area contributed by atoms with Crippen LogP contribution in [0.3, 0.4) is 0 Å². The molecule has 4 heteroatoms. The monoisotopic (exact) mass is 311 g/mol. The maximum atomic E-state index is 11.6. The van der Waals surface area contributed by atoms with Crippen LogP contribution in [-0.4, -0.2) is 32.5 Å². The minimum Gasteiger partial charge on any atom is -0.314 e. The Labute approximate surface area is 130 Å². The maximum absolute atomic E-state index is 11.6. The van der Waals surface area contributed by atoms with E-state index in [0.29, 0.717) is 11.8 Å². The van der Waals surface area contributed by atoms with Crippen molar-refractivity contribution < 1.29 is 8.42 Å². The average molecular weight is 311 g/mol. The summed E-state index contributed by atoms with van der Waals surface area (Å²) in [4.78, 5) is 0. The van der Waals surface area contributed by atoms with Crippen molar-refractivity contribution in [3.05, 3.63) is 34.9 Å². The standard InChI is InChI=1S/C17H29NO2S/c1-5-18-17(8-7-11-21(19,20)6-2)13-16-10-9-14(3)15(4)12-16/h9-10,12,17-18H,5-8,11,13H2,1-4H3. The van der Waals surface area contributed by atoms with Crippen molar-refractivity contribution >= 4 is 9.84 Å². The van der Waals surface area contributed by atoms with E-state index in [-0.39, 0.29) is 5.75 Å². The van der Waals surface area contributed by atoms with E-state index in [9.17, 15) is 8.42 Å². The summed E-state index contributed by atoms with van der Waals surface area (Å²) >= 11 is 0. The zero-order chi connectivity index (χ0) is 15.9.